The second-order valence-corrected chi connectivity index (χ2v) is 3.34. The van der Waals surface area contributed by atoms with Crippen molar-refractivity contribution in [1.82, 2.24) is 5.32 Å². The van der Waals surface area contributed by atoms with E-state index >= 15 is 0 Å². The molecule has 1 unspecified atom stereocenters. The maximum atomic E-state index is 11.8. The first-order valence-electron chi connectivity index (χ1n) is 5.19. The Hall–Kier alpha value is -1.82. The zero-order valence-electron chi connectivity index (χ0n) is 9.73. The molecule has 1 atom stereocenters. The summed E-state index contributed by atoms with van der Waals surface area (Å²) < 4.78 is 9.54. The highest BCUT2D eigenvalue weighted by Gasteiger charge is 2.23. The summed E-state index contributed by atoms with van der Waals surface area (Å²) in [5.41, 5.74) is 0.356. The zero-order valence-corrected chi connectivity index (χ0v) is 9.73. The minimum Gasteiger partial charge on any atom is -0.469 e. The first kappa shape index (κ1) is 13.2. The number of amides is 1. The Morgan fingerprint density at radius 3 is 2.82 bits per heavy atom. The quantitative estimate of drug-likeness (QED) is 0.714. The van der Waals surface area contributed by atoms with Crippen LogP contribution in [-0.4, -0.2) is 36.7 Å². The molecule has 1 aromatic rings. The van der Waals surface area contributed by atoms with E-state index in [1.54, 1.807) is 0 Å². The van der Waals surface area contributed by atoms with Gasteiger partial charge in [-0.05, 0) is 6.07 Å². The van der Waals surface area contributed by atoms with Gasteiger partial charge in [-0.1, -0.05) is 6.92 Å². The predicted molar refractivity (Wildman–Crippen MR) is 58.4 cm³/mol. The van der Waals surface area contributed by atoms with E-state index in [9.17, 15) is 9.59 Å². The summed E-state index contributed by atoms with van der Waals surface area (Å²) in [6.45, 7) is 1.33. The van der Waals surface area contributed by atoms with Gasteiger partial charge in [0, 0.05) is 6.42 Å². The highest BCUT2D eigenvalue weighted by Crippen LogP contribution is 2.11. The number of methoxy groups -OCH3 is 1. The van der Waals surface area contributed by atoms with Crippen molar-refractivity contribution in [3.05, 3.63) is 23.7 Å². The van der Waals surface area contributed by atoms with E-state index < -0.39 is 24.5 Å². The van der Waals surface area contributed by atoms with Crippen molar-refractivity contribution in [2.24, 2.45) is 0 Å². The van der Waals surface area contributed by atoms with Gasteiger partial charge in [-0.15, -0.1) is 0 Å². The van der Waals surface area contributed by atoms with Gasteiger partial charge < -0.3 is 19.6 Å². The Bertz CT molecular complexity index is 398. The van der Waals surface area contributed by atoms with Crippen LogP contribution in [0.25, 0.3) is 0 Å². The minimum absolute atomic E-state index is 0.356. The number of aliphatic hydroxyl groups is 1. The SMILES string of the molecule is CCc1occc1C(=O)NC(CO)C(=O)OC. The zero-order chi connectivity index (χ0) is 12.8. The number of carbonyl (C=O) groups is 2. The summed E-state index contributed by atoms with van der Waals surface area (Å²) in [5, 5.41) is 11.3. The van der Waals surface area contributed by atoms with E-state index in [-0.39, 0.29) is 0 Å². The molecule has 1 aromatic heterocycles. The van der Waals surface area contributed by atoms with Crippen molar-refractivity contribution in [3.63, 3.8) is 0 Å². The number of nitrogens with one attached hydrogen (secondary N) is 1. The fourth-order valence-corrected chi connectivity index (χ4v) is 1.37. The fourth-order valence-electron chi connectivity index (χ4n) is 1.37. The molecule has 6 heteroatoms. The van der Waals surface area contributed by atoms with Gasteiger partial charge >= 0.3 is 5.97 Å². The molecule has 0 aliphatic heterocycles. The fraction of sp³-hybridized carbons (Fsp3) is 0.455. The van der Waals surface area contributed by atoms with Crippen molar-refractivity contribution in [2.45, 2.75) is 19.4 Å². The van der Waals surface area contributed by atoms with Gasteiger partial charge in [0.05, 0.1) is 25.5 Å². The van der Waals surface area contributed by atoms with Gasteiger partial charge in [-0.3, -0.25) is 4.79 Å². The van der Waals surface area contributed by atoms with Crippen LogP contribution in [0.15, 0.2) is 16.7 Å². The average Bonchev–Trinajstić information content (AvgIpc) is 2.82. The molecule has 17 heavy (non-hydrogen) atoms. The van der Waals surface area contributed by atoms with Crippen LogP contribution in [0.4, 0.5) is 0 Å². The van der Waals surface area contributed by atoms with E-state index in [1.165, 1.54) is 19.4 Å². The molecule has 0 bridgehead atoms. The average molecular weight is 241 g/mol. The third kappa shape index (κ3) is 3.07. The summed E-state index contributed by atoms with van der Waals surface area (Å²) in [5.74, 6) is -0.633. The van der Waals surface area contributed by atoms with Crippen LogP contribution in [0.5, 0.6) is 0 Å². The molecule has 1 rings (SSSR count). The predicted octanol–water partition coefficient (Wildman–Crippen LogP) is 0.106. The van der Waals surface area contributed by atoms with E-state index in [0.717, 1.165) is 0 Å². The molecule has 0 aromatic carbocycles. The topological polar surface area (TPSA) is 88.8 Å². The molecule has 0 saturated carbocycles. The van der Waals surface area contributed by atoms with Crippen LogP contribution < -0.4 is 5.32 Å². The summed E-state index contributed by atoms with van der Waals surface area (Å²) in [6.07, 6.45) is 1.97. The molecule has 0 spiro atoms. The molecule has 6 nitrogen and oxygen atoms in total. The third-order valence-corrected chi connectivity index (χ3v) is 2.28. The summed E-state index contributed by atoms with van der Waals surface area (Å²) in [4.78, 5) is 23.0. The van der Waals surface area contributed by atoms with E-state index in [2.05, 4.69) is 10.1 Å². The van der Waals surface area contributed by atoms with Gasteiger partial charge in [0.25, 0.3) is 5.91 Å². The van der Waals surface area contributed by atoms with Gasteiger partial charge in [0.1, 0.15) is 5.76 Å². The van der Waals surface area contributed by atoms with Crippen molar-refractivity contribution in [1.29, 1.82) is 0 Å². The molecular formula is C11H15NO5. The van der Waals surface area contributed by atoms with Gasteiger partial charge in [0.15, 0.2) is 6.04 Å². The standard InChI is InChI=1S/C11H15NO5/c1-3-9-7(4-5-17-9)10(14)12-8(6-13)11(15)16-2/h4-5,8,13H,3,6H2,1-2H3,(H,12,14). The van der Waals surface area contributed by atoms with E-state index in [0.29, 0.717) is 17.7 Å². The number of hydrogen-bond acceptors (Lipinski definition) is 5. The maximum Gasteiger partial charge on any atom is 0.330 e. The molecular weight excluding hydrogens is 226 g/mol. The Balaban J connectivity index is 2.74. The number of ether oxygens (including phenoxy) is 1. The van der Waals surface area contributed by atoms with Crippen LogP contribution in [-0.2, 0) is 16.0 Å². The highest BCUT2D eigenvalue weighted by molar-refractivity contribution is 5.97. The van der Waals surface area contributed by atoms with Crippen molar-refractivity contribution in [3.8, 4) is 0 Å². The molecule has 0 radical (unpaired) electrons. The number of hydrogen-bond donors (Lipinski definition) is 2. The van der Waals surface area contributed by atoms with Crippen LogP contribution in [0.2, 0.25) is 0 Å². The van der Waals surface area contributed by atoms with Gasteiger partial charge in [-0.2, -0.15) is 0 Å². The summed E-state index contributed by atoms with van der Waals surface area (Å²) >= 11 is 0. The smallest absolute Gasteiger partial charge is 0.330 e. The van der Waals surface area contributed by atoms with Crippen LogP contribution in [0, 0.1) is 0 Å². The minimum atomic E-state index is -1.06. The number of rotatable bonds is 5. The molecule has 0 aliphatic carbocycles. The summed E-state index contributed by atoms with van der Waals surface area (Å²) in [7, 11) is 1.19. The number of aliphatic hydroxyl groups excluding tert-OH is 1. The number of furan rings is 1. The first-order valence-corrected chi connectivity index (χ1v) is 5.19. The van der Waals surface area contributed by atoms with Crippen molar-refractivity contribution < 1.29 is 23.8 Å². The van der Waals surface area contributed by atoms with Gasteiger partial charge in [-0.25, -0.2) is 4.79 Å². The normalized spacial score (nSPS) is 11.9. The first-order chi connectivity index (χ1) is 8.13. The molecule has 94 valence electrons. The Kier molecular flexibility index (Phi) is 4.71. The molecule has 1 amide bonds. The monoisotopic (exact) mass is 241 g/mol. The lowest BCUT2D eigenvalue weighted by atomic mass is 10.2. The van der Waals surface area contributed by atoms with E-state index in [4.69, 9.17) is 9.52 Å². The lowest BCUT2D eigenvalue weighted by Gasteiger charge is -2.13. The Morgan fingerprint density at radius 1 is 1.59 bits per heavy atom. The largest absolute Gasteiger partial charge is 0.469 e. The van der Waals surface area contributed by atoms with Crippen LogP contribution >= 0.6 is 0 Å². The second-order valence-electron chi connectivity index (χ2n) is 3.34. The molecule has 0 fully saturated rings. The van der Waals surface area contributed by atoms with Crippen LogP contribution in [0.1, 0.15) is 23.0 Å². The van der Waals surface area contributed by atoms with E-state index in [1.807, 2.05) is 6.92 Å². The maximum absolute atomic E-state index is 11.8. The lowest BCUT2D eigenvalue weighted by molar-refractivity contribution is -0.143. The molecule has 1 heterocycles. The highest BCUT2D eigenvalue weighted by atomic mass is 16.5. The number of aryl methyl sites for hydroxylation is 1. The third-order valence-electron chi connectivity index (χ3n) is 2.28. The molecule has 2 N–H and O–H groups in total. The molecule has 0 aliphatic rings. The summed E-state index contributed by atoms with van der Waals surface area (Å²) in [6, 6.07) is 0.451. The number of esters is 1. The lowest BCUT2D eigenvalue weighted by Crippen LogP contribution is -2.44. The van der Waals surface area contributed by atoms with Gasteiger partial charge in [0.2, 0.25) is 0 Å². The Morgan fingerprint density at radius 2 is 2.29 bits per heavy atom. The van der Waals surface area contributed by atoms with Crippen LogP contribution in [0.3, 0.4) is 0 Å². The number of carbonyl (C=O) groups excluding carboxylic acids is 2. The second kappa shape index (κ2) is 6.05. The molecule has 0 saturated heterocycles. The van der Waals surface area contributed by atoms with Crippen molar-refractivity contribution in [2.75, 3.05) is 13.7 Å². The van der Waals surface area contributed by atoms with Crippen molar-refractivity contribution >= 4 is 11.9 Å². The Labute approximate surface area is 98.6 Å².